The van der Waals surface area contributed by atoms with E-state index in [1.165, 1.54) is 0 Å². The summed E-state index contributed by atoms with van der Waals surface area (Å²) in [7, 11) is 3.77. The van der Waals surface area contributed by atoms with E-state index in [9.17, 15) is 14.7 Å². The van der Waals surface area contributed by atoms with Crippen LogP contribution in [0.1, 0.15) is 43.2 Å². The number of carbonyl (C=O) groups is 2. The van der Waals surface area contributed by atoms with Crippen LogP contribution in [-0.2, 0) is 9.59 Å². The highest BCUT2D eigenvalue weighted by molar-refractivity contribution is 6.32. The second-order valence-electron chi connectivity index (χ2n) is 10.1. The highest BCUT2D eigenvalue weighted by Gasteiger charge is 2.41. The van der Waals surface area contributed by atoms with E-state index in [1.807, 2.05) is 54.8 Å². The normalized spacial score (nSPS) is 22.0. The van der Waals surface area contributed by atoms with E-state index >= 15 is 0 Å². The highest BCUT2D eigenvalue weighted by Crippen LogP contribution is 2.36. The molecule has 1 atom stereocenters. The Labute approximate surface area is 202 Å². The Bertz CT molecular complexity index is 831. The van der Waals surface area contributed by atoms with E-state index < -0.39 is 5.41 Å². The van der Waals surface area contributed by atoms with Crippen LogP contribution in [0, 0.1) is 19.3 Å². The number of carbonyl (C=O) groups excluding carboxylic acids is 2. The summed E-state index contributed by atoms with van der Waals surface area (Å²) in [6.45, 7) is 6.99. The Kier molecular flexibility index (Phi) is 8.65. The molecule has 2 amide bonds. The van der Waals surface area contributed by atoms with Gasteiger partial charge in [0.15, 0.2) is 0 Å². The molecule has 2 fully saturated rings. The van der Waals surface area contributed by atoms with Gasteiger partial charge in [0.25, 0.3) is 0 Å². The zero-order chi connectivity index (χ0) is 24.2. The molecule has 2 aliphatic rings. The Morgan fingerprint density at radius 1 is 1.12 bits per heavy atom. The van der Waals surface area contributed by atoms with Crippen LogP contribution in [0.15, 0.2) is 12.1 Å². The van der Waals surface area contributed by atoms with Crippen molar-refractivity contribution in [1.29, 1.82) is 0 Å². The van der Waals surface area contributed by atoms with E-state index in [0.29, 0.717) is 58.6 Å². The minimum atomic E-state index is -0.450. The second-order valence-corrected chi connectivity index (χ2v) is 10.5. The maximum atomic E-state index is 13.3. The van der Waals surface area contributed by atoms with Gasteiger partial charge in [-0.2, -0.15) is 0 Å². The van der Waals surface area contributed by atoms with Crippen molar-refractivity contribution in [1.82, 2.24) is 14.7 Å². The van der Waals surface area contributed by atoms with Crippen LogP contribution in [0.4, 0.5) is 0 Å². The maximum absolute atomic E-state index is 13.3. The van der Waals surface area contributed by atoms with Crippen LogP contribution >= 0.6 is 11.6 Å². The smallest absolute Gasteiger partial charge is 0.236 e. The lowest BCUT2D eigenvalue weighted by molar-refractivity contribution is -0.143. The fourth-order valence-electron chi connectivity index (χ4n) is 4.88. The molecule has 1 aromatic carbocycles. The van der Waals surface area contributed by atoms with Gasteiger partial charge in [-0.15, -0.1) is 0 Å². The molecule has 0 aromatic heterocycles. The summed E-state index contributed by atoms with van der Waals surface area (Å²) in [6.07, 6.45) is 2.91. The summed E-state index contributed by atoms with van der Waals surface area (Å²) in [6, 6.07) is 3.85. The molecular formula is C25H38ClN3O4. The van der Waals surface area contributed by atoms with E-state index in [1.54, 1.807) is 0 Å². The fraction of sp³-hybridized carbons (Fsp3) is 0.680. The molecule has 3 rings (SSSR count). The lowest BCUT2D eigenvalue weighted by atomic mass is 9.77. The molecule has 2 heterocycles. The van der Waals surface area contributed by atoms with Crippen molar-refractivity contribution < 1.29 is 19.4 Å². The van der Waals surface area contributed by atoms with Gasteiger partial charge in [0.1, 0.15) is 5.75 Å². The number of benzene rings is 1. The molecule has 2 saturated heterocycles. The standard InChI is InChI=1S/C25H38ClN3O4/c1-18-12-21(13-19(2)24(18)26)33-17-25(14-22(31)28-10-6-20(30)7-11-28)8-5-9-29(16-25)23(32)15-27(3)4/h12-13,20,30H,5-11,14-17H2,1-4H3/t25-/m0/s1. The van der Waals surface area contributed by atoms with Gasteiger partial charge >= 0.3 is 0 Å². The molecule has 0 spiro atoms. The van der Waals surface area contributed by atoms with Gasteiger partial charge in [-0.1, -0.05) is 11.6 Å². The number of piperidine rings is 2. The molecule has 1 N–H and O–H groups in total. The van der Waals surface area contributed by atoms with E-state index in [-0.39, 0.29) is 17.9 Å². The largest absolute Gasteiger partial charge is 0.493 e. The maximum Gasteiger partial charge on any atom is 0.236 e. The average Bonchev–Trinajstić information content (AvgIpc) is 2.76. The number of ether oxygens (including phenoxy) is 1. The summed E-state index contributed by atoms with van der Waals surface area (Å²) in [5.74, 6) is 0.894. The van der Waals surface area contributed by atoms with Gasteiger partial charge in [-0.3, -0.25) is 9.59 Å². The first-order valence-corrected chi connectivity index (χ1v) is 12.2. The Hall–Kier alpha value is -1.83. The Morgan fingerprint density at radius 3 is 2.36 bits per heavy atom. The first-order valence-electron chi connectivity index (χ1n) is 11.9. The van der Waals surface area contributed by atoms with E-state index in [0.717, 1.165) is 34.7 Å². The van der Waals surface area contributed by atoms with Crippen molar-refractivity contribution in [2.24, 2.45) is 5.41 Å². The minimum absolute atomic E-state index is 0.0794. The van der Waals surface area contributed by atoms with Crippen molar-refractivity contribution >= 4 is 23.4 Å². The predicted molar refractivity (Wildman–Crippen MR) is 130 cm³/mol. The molecule has 2 aliphatic heterocycles. The van der Waals surface area contributed by atoms with Crippen LogP contribution in [0.5, 0.6) is 5.75 Å². The van der Waals surface area contributed by atoms with Crippen molar-refractivity contribution in [2.75, 3.05) is 53.4 Å². The molecular weight excluding hydrogens is 442 g/mol. The SMILES string of the molecule is Cc1cc(OC[C@]2(CC(=O)N3CCC(O)CC3)CCCN(C(=O)CN(C)C)C2)cc(C)c1Cl. The van der Waals surface area contributed by atoms with Gasteiger partial charge in [-0.25, -0.2) is 0 Å². The predicted octanol–water partition coefficient (Wildman–Crippen LogP) is 2.88. The molecule has 184 valence electrons. The van der Waals surface area contributed by atoms with Crippen molar-refractivity contribution in [2.45, 2.75) is 52.1 Å². The van der Waals surface area contributed by atoms with Crippen LogP contribution in [-0.4, -0.2) is 91.2 Å². The number of aryl methyl sites for hydroxylation is 2. The number of likely N-dealkylation sites (tertiary alicyclic amines) is 2. The number of halogens is 1. The van der Waals surface area contributed by atoms with Gasteiger partial charge in [0.2, 0.25) is 11.8 Å². The number of hydrogen-bond acceptors (Lipinski definition) is 5. The highest BCUT2D eigenvalue weighted by atomic mass is 35.5. The third-order valence-corrected chi connectivity index (χ3v) is 7.36. The molecule has 0 unspecified atom stereocenters. The molecule has 0 radical (unpaired) electrons. The van der Waals surface area contributed by atoms with Gasteiger partial charge in [0, 0.05) is 43.0 Å². The van der Waals surface area contributed by atoms with E-state index in [4.69, 9.17) is 16.3 Å². The van der Waals surface area contributed by atoms with Crippen molar-refractivity contribution in [3.63, 3.8) is 0 Å². The van der Waals surface area contributed by atoms with Gasteiger partial charge < -0.3 is 24.5 Å². The first-order chi connectivity index (χ1) is 15.6. The molecule has 0 aliphatic carbocycles. The topological polar surface area (TPSA) is 73.3 Å². The van der Waals surface area contributed by atoms with Crippen molar-refractivity contribution in [3.05, 3.63) is 28.3 Å². The summed E-state index contributed by atoms with van der Waals surface area (Å²) >= 11 is 6.31. The minimum Gasteiger partial charge on any atom is -0.493 e. The van der Waals surface area contributed by atoms with Crippen LogP contribution < -0.4 is 4.74 Å². The van der Waals surface area contributed by atoms with E-state index in [2.05, 4.69) is 0 Å². The number of rotatable bonds is 7. The van der Waals surface area contributed by atoms with Crippen LogP contribution in [0.3, 0.4) is 0 Å². The summed E-state index contributed by atoms with van der Waals surface area (Å²) in [4.78, 5) is 31.7. The van der Waals surface area contributed by atoms with Gasteiger partial charge in [0.05, 0.1) is 19.3 Å². The monoisotopic (exact) mass is 479 g/mol. The average molecular weight is 480 g/mol. The molecule has 33 heavy (non-hydrogen) atoms. The lowest BCUT2D eigenvalue weighted by Gasteiger charge is -2.43. The molecule has 0 bridgehead atoms. The summed E-state index contributed by atoms with van der Waals surface area (Å²) < 4.78 is 6.26. The molecule has 7 nitrogen and oxygen atoms in total. The first kappa shape index (κ1) is 25.8. The summed E-state index contributed by atoms with van der Waals surface area (Å²) in [5, 5.41) is 10.5. The fourth-order valence-corrected chi connectivity index (χ4v) is 4.99. The zero-order valence-electron chi connectivity index (χ0n) is 20.4. The van der Waals surface area contributed by atoms with Crippen LogP contribution in [0.2, 0.25) is 5.02 Å². The van der Waals surface area contributed by atoms with Crippen molar-refractivity contribution in [3.8, 4) is 5.75 Å². The molecule has 1 aromatic rings. The quantitative estimate of drug-likeness (QED) is 0.651. The summed E-state index contributed by atoms with van der Waals surface area (Å²) in [5.41, 5.74) is 1.46. The number of aliphatic hydroxyl groups excluding tert-OH is 1. The number of aliphatic hydroxyl groups is 1. The molecule has 8 heteroatoms. The molecule has 0 saturated carbocycles. The van der Waals surface area contributed by atoms with Crippen LogP contribution in [0.25, 0.3) is 0 Å². The third-order valence-electron chi connectivity index (χ3n) is 6.76. The second kappa shape index (κ2) is 11.1. The third kappa shape index (κ3) is 6.84. The number of likely N-dealkylation sites (N-methyl/N-ethyl adjacent to an activating group) is 1. The lowest BCUT2D eigenvalue weighted by Crippen LogP contribution is -2.53. The zero-order valence-corrected chi connectivity index (χ0v) is 21.2. The number of hydrogen-bond donors (Lipinski definition) is 1. The number of nitrogens with zero attached hydrogens (tertiary/aromatic N) is 3. The van der Waals surface area contributed by atoms with Gasteiger partial charge in [-0.05, 0) is 76.9 Å². The Balaban J connectivity index is 1.77. The Morgan fingerprint density at radius 2 is 1.76 bits per heavy atom. The number of amides is 2.